The molecule has 2 aromatic carbocycles. The van der Waals surface area contributed by atoms with E-state index in [1.165, 1.54) is 0 Å². The Hall–Kier alpha value is -3.07. The number of benzene rings is 2. The van der Waals surface area contributed by atoms with Crippen LogP contribution in [0.2, 0.25) is 0 Å². The van der Waals surface area contributed by atoms with Gasteiger partial charge in [-0.3, -0.25) is 14.4 Å². The summed E-state index contributed by atoms with van der Waals surface area (Å²) in [5.41, 5.74) is 4.82. The number of ketones is 3. The van der Waals surface area contributed by atoms with Crippen LogP contribution in [0, 0.1) is 23.2 Å². The Balaban J connectivity index is 1.42. The molecular formula is C37H46O3. The van der Waals surface area contributed by atoms with Crippen LogP contribution in [0.3, 0.4) is 0 Å². The summed E-state index contributed by atoms with van der Waals surface area (Å²) >= 11 is 0. The smallest absolute Gasteiger partial charge is 0.165 e. The van der Waals surface area contributed by atoms with Crippen molar-refractivity contribution in [2.75, 3.05) is 0 Å². The number of hydrogen-bond acceptors (Lipinski definition) is 3. The van der Waals surface area contributed by atoms with E-state index < -0.39 is 0 Å². The van der Waals surface area contributed by atoms with E-state index in [2.05, 4.69) is 37.8 Å². The zero-order valence-electron chi connectivity index (χ0n) is 24.9. The molecule has 212 valence electrons. The number of rotatable bonds is 10. The van der Waals surface area contributed by atoms with Gasteiger partial charge in [0, 0.05) is 29.7 Å². The first-order chi connectivity index (χ1) is 19.1. The van der Waals surface area contributed by atoms with Gasteiger partial charge < -0.3 is 0 Å². The van der Waals surface area contributed by atoms with Crippen molar-refractivity contribution < 1.29 is 14.4 Å². The first-order valence-corrected chi connectivity index (χ1v) is 15.2. The van der Waals surface area contributed by atoms with Gasteiger partial charge >= 0.3 is 0 Å². The van der Waals surface area contributed by atoms with Crippen molar-refractivity contribution in [1.82, 2.24) is 0 Å². The molecule has 0 N–H and O–H groups in total. The third-order valence-electron chi connectivity index (χ3n) is 9.59. The zero-order valence-corrected chi connectivity index (χ0v) is 24.9. The summed E-state index contributed by atoms with van der Waals surface area (Å²) in [6, 6.07) is 16.2. The fourth-order valence-electron chi connectivity index (χ4n) is 6.86. The maximum Gasteiger partial charge on any atom is 0.165 e. The van der Waals surface area contributed by atoms with Crippen LogP contribution in [0.25, 0.3) is 11.1 Å². The number of carbonyl (C=O) groups excluding carboxylic acids is 3. The summed E-state index contributed by atoms with van der Waals surface area (Å²) in [4.78, 5) is 38.8. The standard InChI is InChI=1S/C37H46O3/c1-6-7-8-11-26(4)36(40)28-14-10-20-37(5,21-19-28)32-23-33(34(38)24-32)31-13-9-12-30(22-31)27-15-17-29(18-16-27)35(39)25(2)3/h6-7,9,12-13,15-18,22,25,28,32-33H,4,8,10-11,14,19-21,23-24H2,1-3,5H3. The molecule has 0 bridgehead atoms. The number of carbonyl (C=O) groups is 3. The molecule has 4 atom stereocenters. The molecule has 3 nitrogen and oxygen atoms in total. The zero-order chi connectivity index (χ0) is 28.9. The summed E-state index contributed by atoms with van der Waals surface area (Å²) in [6.45, 7) is 12.3. The van der Waals surface area contributed by atoms with E-state index in [9.17, 15) is 14.4 Å². The second-order valence-electron chi connectivity index (χ2n) is 12.7. The van der Waals surface area contributed by atoms with Crippen molar-refractivity contribution in [3.8, 4) is 11.1 Å². The van der Waals surface area contributed by atoms with Gasteiger partial charge in [-0.15, -0.1) is 0 Å². The third kappa shape index (κ3) is 6.79. The first kappa shape index (κ1) is 29.9. The van der Waals surface area contributed by atoms with E-state index >= 15 is 0 Å². The number of Topliss-reactive ketones (excluding diaryl/α,β-unsaturated/α-hetero) is 3. The maximum absolute atomic E-state index is 13.4. The lowest BCUT2D eigenvalue weighted by Crippen LogP contribution is -2.26. The molecule has 2 aliphatic rings. The highest BCUT2D eigenvalue weighted by molar-refractivity contribution is 5.98. The molecule has 2 saturated carbocycles. The minimum Gasteiger partial charge on any atom is -0.299 e. The topological polar surface area (TPSA) is 51.2 Å². The number of allylic oxidation sites excluding steroid dienone is 3. The van der Waals surface area contributed by atoms with Gasteiger partial charge in [0.2, 0.25) is 0 Å². The number of hydrogen-bond donors (Lipinski definition) is 0. The van der Waals surface area contributed by atoms with Crippen LogP contribution in [-0.2, 0) is 9.59 Å². The van der Waals surface area contributed by atoms with Crippen LogP contribution < -0.4 is 0 Å². The molecule has 2 fully saturated rings. The van der Waals surface area contributed by atoms with Gasteiger partial charge in [0.15, 0.2) is 11.6 Å². The minimum absolute atomic E-state index is 0.0233. The fourth-order valence-corrected chi connectivity index (χ4v) is 6.86. The third-order valence-corrected chi connectivity index (χ3v) is 9.59. The average Bonchev–Trinajstić information content (AvgIpc) is 3.25. The van der Waals surface area contributed by atoms with Gasteiger partial charge in [0.25, 0.3) is 0 Å². The molecule has 3 heteroatoms. The van der Waals surface area contributed by atoms with E-state index in [1.807, 2.05) is 57.2 Å². The molecule has 4 rings (SSSR count). The lowest BCUT2D eigenvalue weighted by molar-refractivity contribution is -0.120. The first-order valence-electron chi connectivity index (χ1n) is 15.2. The molecule has 4 unspecified atom stereocenters. The molecule has 0 heterocycles. The maximum atomic E-state index is 13.4. The van der Waals surface area contributed by atoms with Gasteiger partial charge in [-0.05, 0) is 85.5 Å². The molecular weight excluding hydrogens is 492 g/mol. The molecule has 0 amide bonds. The lowest BCUT2D eigenvalue weighted by Gasteiger charge is -2.35. The van der Waals surface area contributed by atoms with Crippen LogP contribution in [-0.4, -0.2) is 17.3 Å². The molecule has 0 aromatic heterocycles. The fraction of sp³-hybridized carbons (Fsp3) is 0.486. The highest BCUT2D eigenvalue weighted by atomic mass is 16.1. The SMILES string of the molecule is C=C(CCC=CC)C(=O)C1CCCC(C)(C2CC(=O)C(c3cccc(-c4ccc(C(=O)C(C)C)cc4)c3)C2)CC1. The van der Waals surface area contributed by atoms with Crippen LogP contribution in [0.5, 0.6) is 0 Å². The highest BCUT2D eigenvalue weighted by Gasteiger charge is 2.44. The summed E-state index contributed by atoms with van der Waals surface area (Å²) in [7, 11) is 0. The molecule has 0 saturated heterocycles. The Labute approximate surface area is 241 Å². The van der Waals surface area contributed by atoms with E-state index in [1.54, 1.807) is 0 Å². The van der Waals surface area contributed by atoms with Crippen LogP contribution in [0.15, 0.2) is 72.8 Å². The van der Waals surface area contributed by atoms with Gasteiger partial charge in [0.1, 0.15) is 5.78 Å². The summed E-state index contributed by atoms with van der Waals surface area (Å²) < 4.78 is 0. The monoisotopic (exact) mass is 538 g/mol. The Morgan fingerprint density at radius 1 is 1.05 bits per heavy atom. The molecule has 0 radical (unpaired) electrons. The molecule has 0 aliphatic heterocycles. The summed E-state index contributed by atoms with van der Waals surface area (Å²) in [5.74, 6) is 1.08. The summed E-state index contributed by atoms with van der Waals surface area (Å²) in [5, 5.41) is 0. The van der Waals surface area contributed by atoms with Crippen molar-refractivity contribution in [3.05, 3.63) is 84.0 Å². The van der Waals surface area contributed by atoms with Crippen molar-refractivity contribution in [3.63, 3.8) is 0 Å². The predicted octanol–water partition coefficient (Wildman–Crippen LogP) is 9.32. The minimum atomic E-state index is -0.0735. The van der Waals surface area contributed by atoms with Crippen molar-refractivity contribution in [1.29, 1.82) is 0 Å². The normalized spacial score (nSPS) is 25.3. The lowest BCUT2D eigenvalue weighted by atomic mass is 9.70. The molecule has 2 aromatic rings. The predicted molar refractivity (Wildman–Crippen MR) is 164 cm³/mol. The Kier molecular flexibility index (Phi) is 9.77. The van der Waals surface area contributed by atoms with E-state index in [-0.39, 0.29) is 34.7 Å². The van der Waals surface area contributed by atoms with Gasteiger partial charge in [0.05, 0.1) is 0 Å². The Morgan fingerprint density at radius 2 is 1.80 bits per heavy atom. The second-order valence-corrected chi connectivity index (χ2v) is 12.7. The van der Waals surface area contributed by atoms with Crippen LogP contribution in [0.1, 0.15) is 107 Å². The quantitative estimate of drug-likeness (QED) is 0.131. The van der Waals surface area contributed by atoms with Crippen molar-refractivity contribution in [2.24, 2.45) is 23.2 Å². The molecule has 2 aliphatic carbocycles. The van der Waals surface area contributed by atoms with Crippen LogP contribution in [0.4, 0.5) is 0 Å². The van der Waals surface area contributed by atoms with E-state index in [4.69, 9.17) is 0 Å². The van der Waals surface area contributed by atoms with Gasteiger partial charge in [-0.2, -0.15) is 0 Å². The Morgan fingerprint density at radius 3 is 2.50 bits per heavy atom. The van der Waals surface area contributed by atoms with Crippen LogP contribution >= 0.6 is 0 Å². The van der Waals surface area contributed by atoms with Crippen molar-refractivity contribution >= 4 is 17.3 Å². The van der Waals surface area contributed by atoms with Gasteiger partial charge in [-0.1, -0.05) is 94.5 Å². The van der Waals surface area contributed by atoms with Crippen molar-refractivity contribution in [2.45, 2.75) is 91.4 Å². The average molecular weight is 539 g/mol. The molecule has 0 spiro atoms. The second kappa shape index (κ2) is 13.1. The van der Waals surface area contributed by atoms with E-state index in [0.717, 1.165) is 79.2 Å². The Bertz CT molecular complexity index is 1260. The molecule has 40 heavy (non-hydrogen) atoms. The van der Waals surface area contributed by atoms with Gasteiger partial charge in [-0.25, -0.2) is 0 Å². The largest absolute Gasteiger partial charge is 0.299 e. The highest BCUT2D eigenvalue weighted by Crippen LogP contribution is 2.51. The summed E-state index contributed by atoms with van der Waals surface area (Å²) in [6.07, 6.45) is 12.2. The van der Waals surface area contributed by atoms with E-state index in [0.29, 0.717) is 18.1 Å².